The van der Waals surface area contributed by atoms with Crippen molar-refractivity contribution in [3.8, 4) is 0 Å². The van der Waals surface area contributed by atoms with E-state index in [-0.39, 0.29) is 23.4 Å². The minimum absolute atomic E-state index is 0.0975. The molecule has 1 N–H and O–H groups in total. The Hall–Kier alpha value is -3.73. The molecule has 1 aliphatic heterocycles. The molecule has 0 spiro atoms. The number of rotatable bonds is 4. The van der Waals surface area contributed by atoms with Crippen LogP contribution in [0, 0.1) is 19.7 Å². The second-order valence-electron chi connectivity index (χ2n) is 7.75. The van der Waals surface area contributed by atoms with Gasteiger partial charge in [0.2, 0.25) is 0 Å². The van der Waals surface area contributed by atoms with Crippen LogP contribution in [0.4, 0.5) is 4.39 Å². The first-order valence-corrected chi connectivity index (χ1v) is 10.0. The Morgan fingerprint density at radius 1 is 0.968 bits per heavy atom. The summed E-state index contributed by atoms with van der Waals surface area (Å²) in [5.41, 5.74) is 2.98. The lowest BCUT2D eigenvalue weighted by molar-refractivity contribution is -0.140. The van der Waals surface area contributed by atoms with E-state index in [4.69, 9.17) is 0 Å². The van der Waals surface area contributed by atoms with Crippen LogP contribution in [0.2, 0.25) is 0 Å². The highest BCUT2D eigenvalue weighted by Gasteiger charge is 2.47. The highest BCUT2D eigenvalue weighted by Crippen LogP contribution is 2.41. The first-order chi connectivity index (χ1) is 14.9. The maximum absolute atomic E-state index is 14.8. The lowest BCUT2D eigenvalue weighted by Gasteiger charge is -2.26. The van der Waals surface area contributed by atoms with Gasteiger partial charge in [-0.25, -0.2) is 4.39 Å². The molecule has 0 bridgehead atoms. The van der Waals surface area contributed by atoms with Crippen molar-refractivity contribution in [2.45, 2.75) is 26.4 Å². The fraction of sp³-hybridized carbons (Fsp3) is 0.154. The summed E-state index contributed by atoms with van der Waals surface area (Å²) in [6.45, 7) is 3.80. The van der Waals surface area contributed by atoms with Crippen molar-refractivity contribution in [3.63, 3.8) is 0 Å². The van der Waals surface area contributed by atoms with Crippen LogP contribution in [-0.4, -0.2) is 21.7 Å². The van der Waals surface area contributed by atoms with Gasteiger partial charge in [-0.05, 0) is 37.1 Å². The molecule has 1 unspecified atom stereocenters. The van der Waals surface area contributed by atoms with Crippen molar-refractivity contribution in [1.82, 2.24) is 4.90 Å². The molecule has 1 saturated heterocycles. The average molecular weight is 415 g/mol. The minimum Gasteiger partial charge on any atom is -0.507 e. The zero-order chi connectivity index (χ0) is 22.1. The summed E-state index contributed by atoms with van der Waals surface area (Å²) >= 11 is 0. The van der Waals surface area contributed by atoms with Crippen LogP contribution >= 0.6 is 0 Å². The molecule has 0 saturated carbocycles. The molecule has 1 aliphatic rings. The number of halogens is 1. The maximum Gasteiger partial charge on any atom is 0.295 e. The van der Waals surface area contributed by atoms with Crippen molar-refractivity contribution >= 4 is 17.4 Å². The van der Waals surface area contributed by atoms with Crippen LogP contribution in [0.3, 0.4) is 0 Å². The Morgan fingerprint density at radius 3 is 2.35 bits per heavy atom. The molecule has 3 aromatic carbocycles. The third-order valence-corrected chi connectivity index (χ3v) is 5.58. The number of likely N-dealkylation sites (tertiary alicyclic amines) is 1. The summed E-state index contributed by atoms with van der Waals surface area (Å²) < 4.78 is 14.8. The summed E-state index contributed by atoms with van der Waals surface area (Å²) in [4.78, 5) is 27.4. The zero-order valence-corrected chi connectivity index (χ0v) is 17.3. The van der Waals surface area contributed by atoms with Gasteiger partial charge in [-0.1, -0.05) is 66.2 Å². The van der Waals surface area contributed by atoms with Gasteiger partial charge in [-0.15, -0.1) is 0 Å². The van der Waals surface area contributed by atoms with Gasteiger partial charge in [0.1, 0.15) is 11.6 Å². The zero-order valence-electron chi connectivity index (χ0n) is 17.3. The molecule has 156 valence electrons. The van der Waals surface area contributed by atoms with E-state index in [2.05, 4.69) is 0 Å². The standard InChI is InChI=1S/C26H22FNO3/c1-16-12-13-17(2)20(14-16)24(29)22-23(19-10-6-7-11-21(19)27)28(26(31)25(22)30)15-18-8-4-3-5-9-18/h3-14,23,29H,15H2,1-2H3/b24-22+. The van der Waals surface area contributed by atoms with Crippen LogP contribution in [0.5, 0.6) is 0 Å². The molecule has 0 radical (unpaired) electrons. The number of aryl methyl sites for hydroxylation is 2. The molecule has 4 rings (SSSR count). The number of carbonyl (C=O) groups is 2. The molecule has 5 heteroatoms. The van der Waals surface area contributed by atoms with Gasteiger partial charge in [0, 0.05) is 17.7 Å². The van der Waals surface area contributed by atoms with Crippen molar-refractivity contribution in [2.24, 2.45) is 0 Å². The van der Waals surface area contributed by atoms with Crippen molar-refractivity contribution < 1.29 is 19.1 Å². The Balaban J connectivity index is 1.92. The Bertz CT molecular complexity index is 1200. The number of ketones is 1. The summed E-state index contributed by atoms with van der Waals surface area (Å²) in [5, 5.41) is 11.2. The van der Waals surface area contributed by atoms with Crippen LogP contribution in [0.15, 0.2) is 78.4 Å². The average Bonchev–Trinajstić information content (AvgIpc) is 3.01. The lowest BCUT2D eigenvalue weighted by atomic mass is 9.93. The molecular weight excluding hydrogens is 393 g/mol. The van der Waals surface area contributed by atoms with Crippen molar-refractivity contribution in [3.05, 3.63) is 112 Å². The van der Waals surface area contributed by atoms with Crippen molar-refractivity contribution in [2.75, 3.05) is 0 Å². The number of Topliss-reactive ketones (excluding diaryl/α,β-unsaturated/α-hetero) is 1. The van der Waals surface area contributed by atoms with E-state index in [1.54, 1.807) is 24.3 Å². The lowest BCUT2D eigenvalue weighted by Crippen LogP contribution is -2.29. The molecule has 1 atom stereocenters. The Labute approximate surface area is 180 Å². The van der Waals surface area contributed by atoms with Crippen LogP contribution in [0.1, 0.15) is 33.9 Å². The molecule has 1 amide bonds. The molecular formula is C26H22FNO3. The van der Waals surface area contributed by atoms with E-state index in [9.17, 15) is 19.1 Å². The fourth-order valence-electron chi connectivity index (χ4n) is 3.98. The second-order valence-corrected chi connectivity index (χ2v) is 7.75. The minimum atomic E-state index is -1.03. The second kappa shape index (κ2) is 8.19. The van der Waals surface area contributed by atoms with E-state index in [1.165, 1.54) is 11.0 Å². The summed E-state index contributed by atoms with van der Waals surface area (Å²) in [7, 11) is 0. The highest BCUT2D eigenvalue weighted by molar-refractivity contribution is 6.46. The maximum atomic E-state index is 14.8. The monoisotopic (exact) mass is 415 g/mol. The normalized spacial score (nSPS) is 17.9. The number of carbonyl (C=O) groups excluding carboxylic acids is 2. The van der Waals surface area contributed by atoms with Crippen molar-refractivity contribution in [1.29, 1.82) is 0 Å². The predicted octanol–water partition coefficient (Wildman–Crippen LogP) is 5.06. The van der Waals surface area contributed by atoms with Gasteiger partial charge in [-0.2, -0.15) is 0 Å². The van der Waals surface area contributed by atoms with Crippen LogP contribution in [-0.2, 0) is 16.1 Å². The van der Waals surface area contributed by atoms with Gasteiger partial charge in [-0.3, -0.25) is 9.59 Å². The van der Waals surface area contributed by atoms with E-state index < -0.39 is 23.5 Å². The number of aliphatic hydroxyl groups is 1. The molecule has 31 heavy (non-hydrogen) atoms. The summed E-state index contributed by atoms with van der Waals surface area (Å²) in [6.07, 6.45) is 0. The summed E-state index contributed by atoms with van der Waals surface area (Å²) in [5.74, 6) is -2.41. The Morgan fingerprint density at radius 2 is 1.65 bits per heavy atom. The number of amides is 1. The molecule has 3 aromatic rings. The van der Waals surface area contributed by atoms with E-state index in [0.29, 0.717) is 5.56 Å². The predicted molar refractivity (Wildman–Crippen MR) is 117 cm³/mol. The first kappa shape index (κ1) is 20.5. The number of aliphatic hydroxyl groups excluding tert-OH is 1. The quantitative estimate of drug-likeness (QED) is 0.368. The van der Waals surface area contributed by atoms with Gasteiger partial charge < -0.3 is 10.0 Å². The van der Waals surface area contributed by atoms with E-state index >= 15 is 0 Å². The number of hydrogen-bond donors (Lipinski definition) is 1. The molecule has 0 aromatic heterocycles. The number of hydrogen-bond acceptors (Lipinski definition) is 3. The van der Waals surface area contributed by atoms with Gasteiger partial charge in [0.05, 0.1) is 11.6 Å². The molecule has 1 heterocycles. The van der Waals surface area contributed by atoms with Gasteiger partial charge in [0.25, 0.3) is 11.7 Å². The number of benzene rings is 3. The molecule has 1 fully saturated rings. The number of nitrogens with zero attached hydrogens (tertiary/aromatic N) is 1. The molecule has 4 nitrogen and oxygen atoms in total. The van der Waals surface area contributed by atoms with E-state index in [0.717, 1.165) is 16.7 Å². The topological polar surface area (TPSA) is 57.6 Å². The highest BCUT2D eigenvalue weighted by atomic mass is 19.1. The first-order valence-electron chi connectivity index (χ1n) is 10.0. The summed E-state index contributed by atoms with van der Waals surface area (Å²) in [6, 6.07) is 19.7. The Kier molecular flexibility index (Phi) is 5.42. The van der Waals surface area contributed by atoms with Gasteiger partial charge >= 0.3 is 0 Å². The third kappa shape index (κ3) is 3.75. The molecule has 0 aliphatic carbocycles. The third-order valence-electron chi connectivity index (χ3n) is 5.58. The fourth-order valence-corrected chi connectivity index (χ4v) is 3.98. The largest absolute Gasteiger partial charge is 0.507 e. The SMILES string of the molecule is Cc1ccc(C)c(/C(O)=C2\C(=O)C(=O)N(Cc3ccccc3)C2c2ccccc2F)c1. The van der Waals surface area contributed by atoms with Gasteiger partial charge in [0.15, 0.2) is 0 Å². The van der Waals surface area contributed by atoms with E-state index in [1.807, 2.05) is 56.3 Å². The van der Waals surface area contributed by atoms with Crippen LogP contribution < -0.4 is 0 Å². The smallest absolute Gasteiger partial charge is 0.295 e. The van der Waals surface area contributed by atoms with Crippen LogP contribution in [0.25, 0.3) is 5.76 Å².